The van der Waals surface area contributed by atoms with Gasteiger partial charge in [0.05, 0.1) is 10.7 Å². The molecule has 2 heterocycles. The van der Waals surface area contributed by atoms with Crippen LogP contribution in [0.4, 0.5) is 20.2 Å². The molecule has 2 aromatic carbocycles. The van der Waals surface area contributed by atoms with Gasteiger partial charge in [-0.05, 0) is 36.8 Å². The fourth-order valence-electron chi connectivity index (χ4n) is 2.99. The summed E-state index contributed by atoms with van der Waals surface area (Å²) in [5.41, 5.74) is 1.00. The average Bonchev–Trinajstić information content (AvgIpc) is 3.16. The molecule has 1 saturated heterocycles. The van der Waals surface area contributed by atoms with Gasteiger partial charge in [0, 0.05) is 30.3 Å². The number of hydrogen-bond acceptors (Lipinski definition) is 4. The Kier molecular flexibility index (Phi) is 4.15. The van der Waals surface area contributed by atoms with Crippen molar-refractivity contribution in [3.05, 3.63) is 47.0 Å². The van der Waals surface area contributed by atoms with E-state index < -0.39 is 12.2 Å². The molecule has 2 aliphatic rings. The van der Waals surface area contributed by atoms with Crippen LogP contribution in [-0.2, 0) is 4.79 Å². The van der Waals surface area contributed by atoms with Crippen LogP contribution in [0.15, 0.2) is 36.4 Å². The van der Waals surface area contributed by atoms with Gasteiger partial charge in [-0.25, -0.2) is 0 Å². The third-order valence-corrected chi connectivity index (χ3v) is 4.55. The first-order valence-electron chi connectivity index (χ1n) is 8.13. The number of fused-ring (bicyclic) bond motifs is 1. The van der Waals surface area contributed by atoms with E-state index in [2.05, 4.69) is 14.8 Å². The molecule has 0 unspecified atom stereocenters. The Hall–Kier alpha value is -2.87. The third kappa shape index (κ3) is 3.40. The summed E-state index contributed by atoms with van der Waals surface area (Å²) in [6, 6.07) is 8.53. The Morgan fingerprint density at radius 1 is 1.15 bits per heavy atom. The quantitative estimate of drug-likeness (QED) is 0.853. The highest BCUT2D eigenvalue weighted by Gasteiger charge is 2.43. The summed E-state index contributed by atoms with van der Waals surface area (Å²) >= 11 is 6.17. The third-order valence-electron chi connectivity index (χ3n) is 4.23. The zero-order valence-electron chi connectivity index (χ0n) is 13.8. The zero-order valence-corrected chi connectivity index (χ0v) is 14.6. The fourth-order valence-corrected chi connectivity index (χ4v) is 3.21. The minimum Gasteiger partial charge on any atom is -0.395 e. The maximum absolute atomic E-state index is 13.1. The first-order valence-corrected chi connectivity index (χ1v) is 8.51. The van der Waals surface area contributed by atoms with Crippen molar-refractivity contribution in [2.75, 3.05) is 16.8 Å². The number of ether oxygens (including phenoxy) is 2. The lowest BCUT2D eigenvalue weighted by Crippen LogP contribution is -2.25. The lowest BCUT2D eigenvalue weighted by molar-refractivity contribution is -0.286. The van der Waals surface area contributed by atoms with Gasteiger partial charge in [0.1, 0.15) is 0 Å². The van der Waals surface area contributed by atoms with E-state index in [9.17, 15) is 18.4 Å². The summed E-state index contributed by atoms with van der Waals surface area (Å²) in [5, 5.41) is 2.97. The van der Waals surface area contributed by atoms with Crippen molar-refractivity contribution >= 4 is 34.8 Å². The Labute approximate surface area is 157 Å². The SMILES string of the molecule is O=C(Nc1ccc2c(c1)OC(F)(F)O2)c1ccc(Cl)c(N2CCCC2=O)c1. The molecule has 2 aromatic rings. The maximum atomic E-state index is 13.1. The van der Waals surface area contributed by atoms with Crippen LogP contribution in [0.25, 0.3) is 0 Å². The van der Waals surface area contributed by atoms with Gasteiger partial charge in [-0.1, -0.05) is 11.6 Å². The Bertz CT molecular complexity index is 951. The van der Waals surface area contributed by atoms with Crippen LogP contribution < -0.4 is 19.7 Å². The Balaban J connectivity index is 1.55. The number of carbonyl (C=O) groups excluding carboxylic acids is 2. The van der Waals surface area contributed by atoms with E-state index in [4.69, 9.17) is 11.6 Å². The number of halogens is 3. The van der Waals surface area contributed by atoms with Crippen molar-refractivity contribution in [1.82, 2.24) is 0 Å². The molecule has 1 fully saturated rings. The topological polar surface area (TPSA) is 67.9 Å². The van der Waals surface area contributed by atoms with Crippen molar-refractivity contribution in [3.8, 4) is 11.5 Å². The lowest BCUT2D eigenvalue weighted by Gasteiger charge is -2.18. The van der Waals surface area contributed by atoms with Gasteiger partial charge in [-0.2, -0.15) is 0 Å². The van der Waals surface area contributed by atoms with Gasteiger partial charge in [-0.3, -0.25) is 9.59 Å². The van der Waals surface area contributed by atoms with Crippen LogP contribution >= 0.6 is 11.6 Å². The summed E-state index contributed by atoms with van der Waals surface area (Å²) in [5.74, 6) is -0.812. The number of carbonyl (C=O) groups is 2. The molecule has 2 amide bonds. The van der Waals surface area contributed by atoms with Gasteiger partial charge in [0.15, 0.2) is 11.5 Å². The second-order valence-electron chi connectivity index (χ2n) is 6.10. The van der Waals surface area contributed by atoms with Gasteiger partial charge >= 0.3 is 6.29 Å². The van der Waals surface area contributed by atoms with Crippen molar-refractivity contribution < 1.29 is 27.8 Å². The molecule has 0 bridgehead atoms. The number of hydrogen-bond donors (Lipinski definition) is 1. The molecule has 0 saturated carbocycles. The number of nitrogens with one attached hydrogen (secondary N) is 1. The molecule has 0 atom stereocenters. The minimum absolute atomic E-state index is 0.0499. The molecule has 4 rings (SSSR count). The van der Waals surface area contributed by atoms with Crippen LogP contribution in [0.3, 0.4) is 0 Å². The number of anilines is 2. The number of rotatable bonds is 3. The van der Waals surface area contributed by atoms with Crippen molar-refractivity contribution in [3.63, 3.8) is 0 Å². The molecule has 0 aromatic heterocycles. The van der Waals surface area contributed by atoms with E-state index in [1.807, 2.05) is 0 Å². The first-order chi connectivity index (χ1) is 12.8. The van der Waals surface area contributed by atoms with E-state index in [0.29, 0.717) is 23.7 Å². The van der Waals surface area contributed by atoms with Gasteiger partial charge in [0.2, 0.25) is 5.91 Å². The van der Waals surface area contributed by atoms with Gasteiger partial charge < -0.3 is 19.7 Å². The van der Waals surface area contributed by atoms with E-state index >= 15 is 0 Å². The smallest absolute Gasteiger partial charge is 0.395 e. The summed E-state index contributed by atoms with van der Waals surface area (Å²) in [6.45, 7) is 0.542. The first kappa shape index (κ1) is 17.5. The molecule has 0 radical (unpaired) electrons. The lowest BCUT2D eigenvalue weighted by atomic mass is 10.1. The summed E-state index contributed by atoms with van der Waals surface area (Å²) in [6.07, 6.45) is -2.56. The van der Waals surface area contributed by atoms with Crippen molar-refractivity contribution in [2.24, 2.45) is 0 Å². The van der Waals surface area contributed by atoms with E-state index in [1.165, 1.54) is 36.4 Å². The van der Waals surface area contributed by atoms with Gasteiger partial charge in [-0.15, -0.1) is 8.78 Å². The van der Waals surface area contributed by atoms with E-state index in [1.54, 1.807) is 4.90 Å². The number of benzene rings is 2. The second-order valence-corrected chi connectivity index (χ2v) is 6.51. The predicted molar refractivity (Wildman–Crippen MR) is 93.6 cm³/mol. The highest BCUT2D eigenvalue weighted by Crippen LogP contribution is 2.42. The standard InChI is InChI=1S/C18H13ClF2N2O4/c19-12-5-3-10(8-13(12)23-7-1-2-16(23)24)17(25)22-11-4-6-14-15(9-11)27-18(20,21)26-14/h3-6,8-9H,1-2,7H2,(H,22,25). The molecular formula is C18H13ClF2N2O4. The molecule has 27 heavy (non-hydrogen) atoms. The van der Waals surface area contributed by atoms with Crippen LogP contribution in [0.5, 0.6) is 11.5 Å². The molecule has 140 valence electrons. The largest absolute Gasteiger partial charge is 0.586 e. The second kappa shape index (κ2) is 6.38. The summed E-state index contributed by atoms with van der Waals surface area (Å²) in [4.78, 5) is 26.0. The van der Waals surface area contributed by atoms with Crippen LogP contribution in [0, 0.1) is 0 Å². The predicted octanol–water partition coefficient (Wildman–Crippen LogP) is 4.04. The monoisotopic (exact) mass is 394 g/mol. The Morgan fingerprint density at radius 3 is 2.67 bits per heavy atom. The molecule has 9 heteroatoms. The number of alkyl halides is 2. The summed E-state index contributed by atoms with van der Waals surface area (Å²) in [7, 11) is 0. The highest BCUT2D eigenvalue weighted by molar-refractivity contribution is 6.34. The number of nitrogens with zero attached hydrogens (tertiary/aromatic N) is 1. The minimum atomic E-state index is -3.72. The molecule has 1 N–H and O–H groups in total. The van der Waals surface area contributed by atoms with Crippen LogP contribution in [0.1, 0.15) is 23.2 Å². The Morgan fingerprint density at radius 2 is 1.93 bits per heavy atom. The fraction of sp³-hybridized carbons (Fsp3) is 0.222. The van der Waals surface area contributed by atoms with Crippen molar-refractivity contribution in [2.45, 2.75) is 19.1 Å². The molecular weight excluding hydrogens is 382 g/mol. The van der Waals surface area contributed by atoms with Crippen LogP contribution in [0.2, 0.25) is 5.02 Å². The average molecular weight is 395 g/mol. The molecule has 6 nitrogen and oxygen atoms in total. The molecule has 0 aliphatic carbocycles. The van der Waals surface area contributed by atoms with Crippen LogP contribution in [-0.4, -0.2) is 24.7 Å². The van der Waals surface area contributed by atoms with E-state index in [-0.39, 0.29) is 28.7 Å². The van der Waals surface area contributed by atoms with E-state index in [0.717, 1.165) is 6.42 Å². The number of amides is 2. The normalized spacial score (nSPS) is 17.3. The highest BCUT2D eigenvalue weighted by atomic mass is 35.5. The summed E-state index contributed by atoms with van der Waals surface area (Å²) < 4.78 is 34.8. The van der Waals surface area contributed by atoms with Gasteiger partial charge in [0.25, 0.3) is 5.91 Å². The van der Waals surface area contributed by atoms with Crippen molar-refractivity contribution in [1.29, 1.82) is 0 Å². The molecule has 0 spiro atoms. The zero-order chi connectivity index (χ0) is 19.2. The maximum Gasteiger partial charge on any atom is 0.586 e. The molecule has 2 aliphatic heterocycles.